The van der Waals surface area contributed by atoms with Crippen LogP contribution in [-0.2, 0) is 30.0 Å². The van der Waals surface area contributed by atoms with Crippen molar-refractivity contribution in [3.8, 4) is 0 Å². The van der Waals surface area contributed by atoms with Crippen molar-refractivity contribution in [3.63, 3.8) is 0 Å². The number of esters is 2. The third kappa shape index (κ3) is 10.1. The molecule has 0 bridgehead atoms. The molecular weight excluding hydrogens is 753 g/mol. The third-order valence-corrected chi connectivity index (χ3v) is 13.1. The van der Waals surface area contributed by atoms with E-state index >= 15 is 0 Å². The lowest BCUT2D eigenvalue weighted by molar-refractivity contribution is -0.138. The van der Waals surface area contributed by atoms with E-state index in [0.717, 1.165) is 24.5 Å². The number of carbonyl (C=O) groups excluding carboxylic acids is 4. The van der Waals surface area contributed by atoms with Crippen LogP contribution in [0.4, 0.5) is 0 Å². The molecule has 0 heterocycles. The minimum absolute atomic E-state index is 0.153. The molecule has 0 N–H and O–H groups in total. The number of rotatable bonds is 15. The summed E-state index contributed by atoms with van der Waals surface area (Å²) in [5.41, 5.74) is 0.602. The van der Waals surface area contributed by atoms with Gasteiger partial charge in [-0.25, -0.2) is 9.59 Å². The lowest BCUT2D eigenvalue weighted by Gasteiger charge is -2.11. The molecule has 0 atom stereocenters. The summed E-state index contributed by atoms with van der Waals surface area (Å²) in [6.07, 6.45) is 0. The predicted molar refractivity (Wildman–Crippen MR) is 215 cm³/mol. The summed E-state index contributed by atoms with van der Waals surface area (Å²) in [6.45, 7) is 3.65. The van der Waals surface area contributed by atoms with E-state index in [9.17, 15) is 19.2 Å². The Balaban J connectivity index is 1.21. The van der Waals surface area contributed by atoms with Gasteiger partial charge in [-0.1, -0.05) is 53.5 Å². The number of Topliss-reactive ketones (excluding diaryl/α,β-unsaturated/α-hetero) is 2. The summed E-state index contributed by atoms with van der Waals surface area (Å²) in [5, 5.41) is 0. The first-order valence-electron chi connectivity index (χ1n) is 17.1. The van der Waals surface area contributed by atoms with Gasteiger partial charge in [-0.3, -0.25) is 9.59 Å². The van der Waals surface area contributed by atoms with Gasteiger partial charge in [0, 0.05) is 40.5 Å². The molecule has 54 heavy (non-hydrogen) atoms. The fraction of sp³-hybridized carbons (Fsp3) is 0.0909. The smallest absolute Gasteiger partial charge is 0.379 e. The summed E-state index contributed by atoms with van der Waals surface area (Å²) >= 11 is 4.89. The first-order valence-corrected chi connectivity index (χ1v) is 20.7. The molecule has 0 aliphatic heterocycles. The molecule has 0 aliphatic carbocycles. The van der Waals surface area contributed by atoms with E-state index in [1.54, 1.807) is 73.4 Å². The maximum absolute atomic E-state index is 12.3. The molecule has 0 aromatic heterocycles. The maximum Gasteiger partial charge on any atom is 0.379 e. The van der Waals surface area contributed by atoms with Crippen molar-refractivity contribution in [3.05, 3.63) is 163 Å². The Morgan fingerprint density at radius 1 is 0.407 bits per heavy atom. The summed E-state index contributed by atoms with van der Waals surface area (Å²) in [7, 11) is -0.399. The topological polar surface area (TPSA) is 86.7 Å². The van der Waals surface area contributed by atoms with Crippen molar-refractivity contribution in [1.82, 2.24) is 0 Å². The van der Waals surface area contributed by atoms with Gasteiger partial charge in [0.05, 0.1) is 24.1 Å². The van der Waals surface area contributed by atoms with Gasteiger partial charge in [-0.05, 0) is 147 Å². The van der Waals surface area contributed by atoms with E-state index < -0.39 is 34.4 Å². The Labute approximate surface area is 330 Å². The highest BCUT2D eigenvalue weighted by Crippen LogP contribution is 2.37. The standard InChI is InChI=1S/C44H35O6S4/c1-3-49-43(47)41(45)30-10-14-33(15-11-30)52-36-20-26-39(27-21-36)54(38-24-18-35(19-25-38)51-32-8-6-5-7-9-32)40-28-22-37(23-29-40)53-34-16-12-31(13-17-34)42(46)44(48)50-4-2/h5-29H,3-4H2,1-2H3/q+1. The zero-order chi connectivity index (χ0) is 37.9. The van der Waals surface area contributed by atoms with Crippen LogP contribution < -0.4 is 0 Å². The largest absolute Gasteiger partial charge is 0.460 e. The van der Waals surface area contributed by atoms with Crippen LogP contribution in [-0.4, -0.2) is 36.7 Å². The van der Waals surface area contributed by atoms with Crippen molar-refractivity contribution in [2.75, 3.05) is 13.2 Å². The van der Waals surface area contributed by atoms with Crippen molar-refractivity contribution in [1.29, 1.82) is 0 Å². The van der Waals surface area contributed by atoms with E-state index in [1.165, 1.54) is 19.6 Å². The number of benzene rings is 6. The Kier molecular flexibility index (Phi) is 13.5. The molecule has 6 aromatic carbocycles. The quantitative estimate of drug-likeness (QED) is 0.0437. The highest BCUT2D eigenvalue weighted by Gasteiger charge is 2.29. The second kappa shape index (κ2) is 18.9. The molecule has 0 radical (unpaired) electrons. The Hall–Kier alpha value is -5.00. The summed E-state index contributed by atoms with van der Waals surface area (Å²) in [6, 6.07) is 50.1. The number of ether oxygens (including phenoxy) is 2. The normalized spacial score (nSPS) is 10.9. The van der Waals surface area contributed by atoms with Crippen molar-refractivity contribution in [2.24, 2.45) is 0 Å². The summed E-state index contributed by atoms with van der Waals surface area (Å²) in [5.74, 6) is -3.00. The first kappa shape index (κ1) is 38.7. The van der Waals surface area contributed by atoms with Gasteiger partial charge < -0.3 is 9.47 Å². The molecule has 0 saturated carbocycles. The molecule has 0 aliphatic rings. The lowest BCUT2D eigenvalue weighted by atomic mass is 10.1. The fourth-order valence-corrected chi connectivity index (χ4v) is 9.73. The summed E-state index contributed by atoms with van der Waals surface area (Å²) < 4.78 is 9.69. The molecule has 0 spiro atoms. The molecule has 270 valence electrons. The summed E-state index contributed by atoms with van der Waals surface area (Å²) in [4.78, 5) is 58.2. The van der Waals surface area contributed by atoms with Crippen LogP contribution in [0.3, 0.4) is 0 Å². The molecular formula is C44H35O6S4+. The highest BCUT2D eigenvalue weighted by molar-refractivity contribution is 8.00. The average Bonchev–Trinajstić information content (AvgIpc) is 3.20. The van der Waals surface area contributed by atoms with E-state index in [4.69, 9.17) is 9.47 Å². The Morgan fingerprint density at radius 3 is 0.981 bits per heavy atom. The zero-order valence-electron chi connectivity index (χ0n) is 29.4. The molecule has 10 heteroatoms. The fourth-order valence-electron chi connectivity index (χ4n) is 5.21. The lowest BCUT2D eigenvalue weighted by Crippen LogP contribution is -2.17. The Bertz CT molecular complexity index is 2090. The highest BCUT2D eigenvalue weighted by atomic mass is 32.2. The second-order valence-corrected chi connectivity index (χ2v) is 17.0. The van der Waals surface area contributed by atoms with Crippen LogP contribution in [0.5, 0.6) is 0 Å². The minimum Gasteiger partial charge on any atom is -0.460 e. The first-order chi connectivity index (χ1) is 26.3. The molecule has 6 aromatic rings. The molecule has 0 fully saturated rings. The molecule has 0 amide bonds. The molecule has 0 saturated heterocycles. The van der Waals surface area contributed by atoms with Crippen LogP contribution in [0.15, 0.2) is 196 Å². The van der Waals surface area contributed by atoms with Crippen molar-refractivity contribution in [2.45, 2.75) is 57.9 Å². The second-order valence-electron chi connectivity index (χ2n) is 11.5. The van der Waals surface area contributed by atoms with Gasteiger partial charge in [-0.15, -0.1) is 0 Å². The van der Waals surface area contributed by atoms with Gasteiger partial charge in [0.1, 0.15) is 0 Å². The van der Waals surface area contributed by atoms with Crippen molar-refractivity contribution < 1.29 is 28.7 Å². The van der Waals surface area contributed by atoms with E-state index in [-0.39, 0.29) is 13.2 Å². The molecule has 6 nitrogen and oxygen atoms in total. The van der Waals surface area contributed by atoms with Crippen molar-refractivity contribution >= 4 is 69.7 Å². The van der Waals surface area contributed by atoms with E-state index in [2.05, 4.69) is 84.9 Å². The van der Waals surface area contributed by atoms with Crippen LogP contribution in [0.25, 0.3) is 0 Å². The number of hydrogen-bond donors (Lipinski definition) is 0. The Morgan fingerprint density at radius 2 is 0.685 bits per heavy atom. The van der Waals surface area contributed by atoms with Gasteiger partial charge in [0.2, 0.25) is 0 Å². The minimum atomic E-state index is -0.848. The van der Waals surface area contributed by atoms with Crippen LogP contribution in [0.1, 0.15) is 34.6 Å². The van der Waals surface area contributed by atoms with Gasteiger partial charge in [0.25, 0.3) is 11.6 Å². The monoisotopic (exact) mass is 787 g/mol. The van der Waals surface area contributed by atoms with Gasteiger partial charge >= 0.3 is 11.9 Å². The van der Waals surface area contributed by atoms with E-state index in [1.807, 2.05) is 42.5 Å². The SMILES string of the molecule is CCOC(=O)C(=O)c1ccc(Sc2ccc([S+](c3ccc(Sc4ccccc4)cc3)c3ccc(Sc4ccc(C(=O)C(=O)OCC)cc4)cc3)cc2)cc1. The maximum atomic E-state index is 12.3. The number of hydrogen-bond acceptors (Lipinski definition) is 9. The van der Waals surface area contributed by atoms with E-state index in [0.29, 0.717) is 11.1 Å². The predicted octanol–water partition coefficient (Wildman–Crippen LogP) is 10.7. The average molecular weight is 788 g/mol. The van der Waals surface area contributed by atoms with Crippen LogP contribution in [0, 0.1) is 0 Å². The number of carbonyl (C=O) groups is 4. The molecule has 6 rings (SSSR count). The van der Waals surface area contributed by atoms with Crippen LogP contribution >= 0.6 is 35.3 Å². The third-order valence-electron chi connectivity index (χ3n) is 7.78. The zero-order valence-corrected chi connectivity index (χ0v) is 32.7. The number of ketones is 2. The van der Waals surface area contributed by atoms with Gasteiger partial charge in [-0.2, -0.15) is 0 Å². The molecule has 0 unspecified atom stereocenters. The van der Waals surface area contributed by atoms with Gasteiger partial charge in [0.15, 0.2) is 14.7 Å². The van der Waals surface area contributed by atoms with Crippen LogP contribution in [0.2, 0.25) is 0 Å².